The summed E-state index contributed by atoms with van der Waals surface area (Å²) in [6.45, 7) is 3.56. The van der Waals surface area contributed by atoms with Crippen molar-refractivity contribution in [2.75, 3.05) is 6.54 Å². The number of rotatable bonds is 8. The lowest BCUT2D eigenvalue weighted by Gasteiger charge is -2.27. The van der Waals surface area contributed by atoms with Crippen molar-refractivity contribution in [3.8, 4) is 0 Å². The van der Waals surface area contributed by atoms with Gasteiger partial charge in [-0.25, -0.2) is 4.98 Å². The SMILES string of the molecule is CCCCC1C(c2c[nH]c3ccccc23)=C(O)C(=O)N1CCCn1ccnc1. The molecule has 3 heterocycles. The Hall–Kier alpha value is -3.02. The van der Waals surface area contributed by atoms with Gasteiger partial charge in [0.05, 0.1) is 12.4 Å². The maximum absolute atomic E-state index is 12.9. The van der Waals surface area contributed by atoms with E-state index < -0.39 is 0 Å². The van der Waals surface area contributed by atoms with Gasteiger partial charge >= 0.3 is 0 Å². The molecule has 0 saturated carbocycles. The second kappa shape index (κ2) is 7.92. The van der Waals surface area contributed by atoms with Crippen LogP contribution in [0.15, 0.2) is 54.9 Å². The number of hydrogen-bond acceptors (Lipinski definition) is 3. The number of aryl methyl sites for hydroxylation is 1. The van der Waals surface area contributed by atoms with Crippen molar-refractivity contribution in [2.45, 2.75) is 45.2 Å². The summed E-state index contributed by atoms with van der Waals surface area (Å²) in [5, 5.41) is 11.8. The third-order valence-corrected chi connectivity index (χ3v) is 5.51. The first-order valence-electron chi connectivity index (χ1n) is 9.97. The number of hydrogen-bond donors (Lipinski definition) is 2. The van der Waals surface area contributed by atoms with E-state index >= 15 is 0 Å². The minimum atomic E-state index is -0.257. The summed E-state index contributed by atoms with van der Waals surface area (Å²) in [6, 6.07) is 7.92. The second-order valence-corrected chi connectivity index (χ2v) is 7.32. The van der Waals surface area contributed by atoms with Gasteiger partial charge in [-0.05, 0) is 18.9 Å². The molecule has 0 aliphatic carbocycles. The first kappa shape index (κ1) is 18.3. The number of carbonyl (C=O) groups excluding carboxylic acids is 1. The number of aliphatic hydroxyl groups excluding tert-OH is 1. The number of benzene rings is 1. The maximum Gasteiger partial charge on any atom is 0.289 e. The lowest BCUT2D eigenvalue weighted by Crippen LogP contribution is -2.36. The molecule has 0 bridgehead atoms. The van der Waals surface area contributed by atoms with Crippen molar-refractivity contribution in [1.29, 1.82) is 0 Å². The Morgan fingerprint density at radius 1 is 1.21 bits per heavy atom. The minimum absolute atomic E-state index is 0.0885. The molecule has 146 valence electrons. The molecule has 6 heteroatoms. The predicted octanol–water partition coefficient (Wildman–Crippen LogP) is 4.12. The Morgan fingerprint density at radius 2 is 2.07 bits per heavy atom. The molecule has 0 fully saturated rings. The number of imidazole rings is 1. The number of nitrogens with zero attached hydrogens (tertiary/aromatic N) is 3. The molecule has 1 amide bonds. The zero-order valence-electron chi connectivity index (χ0n) is 16.1. The summed E-state index contributed by atoms with van der Waals surface area (Å²) in [5.74, 6) is -0.361. The van der Waals surface area contributed by atoms with Crippen LogP contribution in [-0.2, 0) is 11.3 Å². The van der Waals surface area contributed by atoms with Crippen LogP contribution in [0.5, 0.6) is 0 Å². The highest BCUT2D eigenvalue weighted by Gasteiger charge is 2.39. The van der Waals surface area contributed by atoms with Crippen LogP contribution < -0.4 is 0 Å². The maximum atomic E-state index is 12.9. The highest BCUT2D eigenvalue weighted by Crippen LogP contribution is 2.38. The Bertz CT molecular complexity index is 987. The van der Waals surface area contributed by atoms with Crippen molar-refractivity contribution < 1.29 is 9.90 Å². The van der Waals surface area contributed by atoms with Gasteiger partial charge < -0.3 is 19.6 Å². The fourth-order valence-electron chi connectivity index (χ4n) is 4.11. The Morgan fingerprint density at radius 3 is 2.86 bits per heavy atom. The van der Waals surface area contributed by atoms with E-state index in [0.29, 0.717) is 6.54 Å². The lowest BCUT2D eigenvalue weighted by atomic mass is 9.95. The zero-order valence-corrected chi connectivity index (χ0v) is 16.1. The van der Waals surface area contributed by atoms with Gasteiger partial charge in [0.25, 0.3) is 5.91 Å². The molecule has 1 unspecified atom stereocenters. The van der Waals surface area contributed by atoms with Crippen LogP contribution in [0.2, 0.25) is 0 Å². The highest BCUT2D eigenvalue weighted by atomic mass is 16.3. The fraction of sp³-hybridized carbons (Fsp3) is 0.364. The molecule has 2 aromatic heterocycles. The lowest BCUT2D eigenvalue weighted by molar-refractivity contribution is -0.129. The topological polar surface area (TPSA) is 74.2 Å². The van der Waals surface area contributed by atoms with Crippen LogP contribution >= 0.6 is 0 Å². The molecular weight excluding hydrogens is 352 g/mol. The molecule has 3 aromatic rings. The van der Waals surface area contributed by atoms with E-state index in [2.05, 4.69) is 16.9 Å². The minimum Gasteiger partial charge on any atom is -0.503 e. The number of aromatic nitrogens is 3. The summed E-state index contributed by atoms with van der Waals surface area (Å²) in [7, 11) is 0. The number of unbranched alkanes of at least 4 members (excludes halogenated alkanes) is 1. The van der Waals surface area contributed by atoms with Gasteiger partial charge in [0.2, 0.25) is 0 Å². The van der Waals surface area contributed by atoms with Gasteiger partial charge in [0.15, 0.2) is 5.76 Å². The first-order valence-corrected chi connectivity index (χ1v) is 9.97. The Kier molecular flexibility index (Phi) is 5.19. The second-order valence-electron chi connectivity index (χ2n) is 7.32. The van der Waals surface area contributed by atoms with Gasteiger partial charge in [0.1, 0.15) is 0 Å². The third kappa shape index (κ3) is 3.30. The fourth-order valence-corrected chi connectivity index (χ4v) is 4.11. The van der Waals surface area contributed by atoms with E-state index in [1.54, 1.807) is 12.5 Å². The number of nitrogens with one attached hydrogen (secondary N) is 1. The quantitative estimate of drug-likeness (QED) is 0.619. The van der Waals surface area contributed by atoms with E-state index in [1.165, 1.54) is 0 Å². The normalized spacial score (nSPS) is 17.2. The number of para-hydroxylation sites is 1. The molecule has 0 spiro atoms. The summed E-state index contributed by atoms with van der Waals surface area (Å²) in [4.78, 5) is 22.1. The molecule has 0 saturated heterocycles. The van der Waals surface area contributed by atoms with E-state index in [1.807, 2.05) is 46.1 Å². The van der Waals surface area contributed by atoms with Crippen LogP contribution in [0.4, 0.5) is 0 Å². The molecule has 2 N–H and O–H groups in total. The van der Waals surface area contributed by atoms with Crippen molar-refractivity contribution in [3.63, 3.8) is 0 Å². The Balaban J connectivity index is 1.61. The average molecular weight is 378 g/mol. The van der Waals surface area contributed by atoms with Crippen LogP contribution in [-0.4, -0.2) is 43.0 Å². The standard InChI is InChI=1S/C22H26N4O2/c1-2-3-9-19-20(17-14-24-18-8-5-4-7-16(17)18)21(27)22(28)26(19)12-6-11-25-13-10-23-15-25/h4-5,7-8,10,13-15,19,24,27H,2-3,6,9,11-12H2,1H3. The van der Waals surface area contributed by atoms with Crippen molar-refractivity contribution in [1.82, 2.24) is 19.4 Å². The van der Waals surface area contributed by atoms with Crippen molar-refractivity contribution in [3.05, 3.63) is 60.5 Å². The smallest absolute Gasteiger partial charge is 0.289 e. The van der Waals surface area contributed by atoms with Crippen molar-refractivity contribution in [2.24, 2.45) is 0 Å². The molecule has 1 atom stereocenters. The summed E-state index contributed by atoms with van der Waals surface area (Å²) in [6.07, 6.45) is 11.1. The largest absolute Gasteiger partial charge is 0.503 e. The zero-order chi connectivity index (χ0) is 19.5. The molecule has 6 nitrogen and oxygen atoms in total. The third-order valence-electron chi connectivity index (χ3n) is 5.51. The average Bonchev–Trinajstić information content (AvgIpc) is 3.42. The van der Waals surface area contributed by atoms with E-state index in [9.17, 15) is 9.90 Å². The van der Waals surface area contributed by atoms with E-state index in [4.69, 9.17) is 0 Å². The number of amides is 1. The van der Waals surface area contributed by atoms with E-state index in [0.717, 1.165) is 54.3 Å². The summed E-state index contributed by atoms with van der Waals surface area (Å²) >= 11 is 0. The van der Waals surface area contributed by atoms with Crippen LogP contribution in [0.25, 0.3) is 16.5 Å². The molecular formula is C22H26N4O2. The molecule has 1 aliphatic heterocycles. The number of aromatic amines is 1. The van der Waals surface area contributed by atoms with Crippen LogP contribution in [0.1, 0.15) is 38.2 Å². The van der Waals surface area contributed by atoms with Gasteiger partial charge in [-0.1, -0.05) is 38.0 Å². The van der Waals surface area contributed by atoms with Crippen molar-refractivity contribution >= 4 is 22.4 Å². The predicted molar refractivity (Wildman–Crippen MR) is 110 cm³/mol. The molecule has 1 aromatic carbocycles. The van der Waals surface area contributed by atoms with Crippen LogP contribution in [0, 0.1) is 0 Å². The molecule has 28 heavy (non-hydrogen) atoms. The van der Waals surface area contributed by atoms with Gasteiger partial charge in [-0.2, -0.15) is 0 Å². The first-order chi connectivity index (χ1) is 13.7. The number of fused-ring (bicyclic) bond motifs is 1. The summed E-state index contributed by atoms with van der Waals surface area (Å²) in [5.41, 5.74) is 2.70. The van der Waals surface area contributed by atoms with Gasteiger partial charge in [-0.3, -0.25) is 4.79 Å². The molecule has 0 radical (unpaired) electrons. The Labute approximate surface area is 164 Å². The molecule has 1 aliphatic rings. The molecule has 4 rings (SSSR count). The monoisotopic (exact) mass is 378 g/mol. The van der Waals surface area contributed by atoms with Gasteiger partial charge in [-0.15, -0.1) is 0 Å². The van der Waals surface area contributed by atoms with Gasteiger partial charge in [0, 0.05) is 53.7 Å². The highest BCUT2D eigenvalue weighted by molar-refractivity contribution is 6.08. The van der Waals surface area contributed by atoms with Crippen LogP contribution in [0.3, 0.4) is 0 Å². The number of H-pyrrole nitrogens is 1. The van der Waals surface area contributed by atoms with E-state index in [-0.39, 0.29) is 17.7 Å². The summed E-state index contributed by atoms with van der Waals surface area (Å²) < 4.78 is 2.01. The number of carbonyl (C=O) groups is 1. The number of aliphatic hydroxyl groups is 1.